The number of rotatable bonds is 5. The second-order valence-corrected chi connectivity index (χ2v) is 6.67. The molecular weight excluding hydrogens is 304 g/mol. The van der Waals surface area contributed by atoms with Crippen molar-refractivity contribution in [2.24, 2.45) is 5.92 Å². The topological polar surface area (TPSA) is 54.6 Å². The number of nitrogens with zero attached hydrogens (tertiary/aromatic N) is 1. The van der Waals surface area contributed by atoms with Gasteiger partial charge < -0.3 is 19.4 Å². The zero-order valence-corrected chi connectivity index (χ0v) is 14.1. The molecule has 1 aromatic heterocycles. The number of H-pyrrole nitrogens is 1. The Hall–Kier alpha value is -2.01. The van der Waals surface area contributed by atoms with E-state index in [4.69, 9.17) is 9.47 Å². The summed E-state index contributed by atoms with van der Waals surface area (Å²) in [5, 5.41) is 1.03. The Labute approximate surface area is 141 Å². The van der Waals surface area contributed by atoms with Crippen molar-refractivity contribution in [3.05, 3.63) is 30.0 Å². The summed E-state index contributed by atoms with van der Waals surface area (Å²) < 4.78 is 11.3. The average Bonchev–Trinajstić information content (AvgIpc) is 3.37. The lowest BCUT2D eigenvalue weighted by atomic mass is 10.1. The number of carbonyl (C=O) groups excluding carboxylic acids is 1. The Balaban J connectivity index is 1.58. The number of fused-ring (bicyclic) bond motifs is 1. The number of nitrogens with one attached hydrogen (secondary N) is 1. The van der Waals surface area contributed by atoms with Crippen LogP contribution in [-0.2, 0) is 16.0 Å². The molecule has 1 aliphatic heterocycles. The number of carbonyl (C=O) groups is 1. The standard InChI is InChI=1S/C19H24N2O3/c1-2-24-17-5-3-4-15-19(17)14(11-20-15)10-18(22)21-8-9-23-12-16(21)13-6-7-13/h3-5,11,13,16,20H,2,6-10,12H2,1H3. The summed E-state index contributed by atoms with van der Waals surface area (Å²) in [7, 11) is 0. The van der Waals surface area contributed by atoms with Crippen molar-refractivity contribution in [2.75, 3.05) is 26.4 Å². The van der Waals surface area contributed by atoms with E-state index in [1.54, 1.807) is 0 Å². The van der Waals surface area contributed by atoms with Crippen LogP contribution < -0.4 is 4.74 Å². The fourth-order valence-electron chi connectivity index (χ4n) is 3.70. The molecule has 1 unspecified atom stereocenters. The minimum absolute atomic E-state index is 0.197. The molecule has 5 nitrogen and oxygen atoms in total. The van der Waals surface area contributed by atoms with E-state index in [-0.39, 0.29) is 11.9 Å². The van der Waals surface area contributed by atoms with Crippen LogP contribution in [0.2, 0.25) is 0 Å². The molecule has 0 spiro atoms. The molecule has 0 bridgehead atoms. The number of amides is 1. The third-order valence-electron chi connectivity index (χ3n) is 5.04. The molecule has 1 N–H and O–H groups in total. The Morgan fingerprint density at radius 3 is 3.08 bits per heavy atom. The number of hydrogen-bond donors (Lipinski definition) is 1. The van der Waals surface area contributed by atoms with Gasteiger partial charge in [0.15, 0.2) is 0 Å². The number of aromatic nitrogens is 1. The number of aromatic amines is 1. The van der Waals surface area contributed by atoms with E-state index in [2.05, 4.69) is 4.98 Å². The first-order chi connectivity index (χ1) is 11.8. The molecule has 1 aromatic carbocycles. The highest BCUT2D eigenvalue weighted by Crippen LogP contribution is 2.37. The third-order valence-corrected chi connectivity index (χ3v) is 5.04. The molecule has 0 radical (unpaired) electrons. The maximum Gasteiger partial charge on any atom is 0.227 e. The predicted molar refractivity (Wildman–Crippen MR) is 92.2 cm³/mol. The van der Waals surface area contributed by atoms with Gasteiger partial charge in [0, 0.05) is 23.6 Å². The van der Waals surface area contributed by atoms with E-state index < -0.39 is 0 Å². The highest BCUT2D eigenvalue weighted by atomic mass is 16.5. The summed E-state index contributed by atoms with van der Waals surface area (Å²) in [6.07, 6.45) is 4.80. The third kappa shape index (κ3) is 2.88. The number of ether oxygens (including phenoxy) is 2. The fraction of sp³-hybridized carbons (Fsp3) is 0.526. The van der Waals surface area contributed by atoms with E-state index in [1.165, 1.54) is 12.8 Å². The highest BCUT2D eigenvalue weighted by molar-refractivity contribution is 5.93. The van der Waals surface area contributed by atoms with Crippen LogP contribution in [0.5, 0.6) is 5.75 Å². The van der Waals surface area contributed by atoms with Crippen LogP contribution in [0.15, 0.2) is 24.4 Å². The van der Waals surface area contributed by atoms with E-state index in [1.807, 2.05) is 36.2 Å². The molecule has 24 heavy (non-hydrogen) atoms. The van der Waals surface area contributed by atoms with Gasteiger partial charge in [-0.1, -0.05) is 6.07 Å². The number of morpholine rings is 1. The molecule has 2 heterocycles. The van der Waals surface area contributed by atoms with Gasteiger partial charge in [-0.2, -0.15) is 0 Å². The SMILES string of the molecule is CCOc1cccc2[nH]cc(CC(=O)N3CCOCC3C3CC3)c12. The summed E-state index contributed by atoms with van der Waals surface area (Å²) in [4.78, 5) is 18.2. The summed E-state index contributed by atoms with van der Waals surface area (Å²) in [5.74, 6) is 1.68. The van der Waals surface area contributed by atoms with Crippen LogP contribution in [0.4, 0.5) is 0 Å². The second-order valence-electron chi connectivity index (χ2n) is 6.67. The van der Waals surface area contributed by atoms with Crippen molar-refractivity contribution in [1.82, 2.24) is 9.88 Å². The number of hydrogen-bond acceptors (Lipinski definition) is 3. The first-order valence-corrected chi connectivity index (χ1v) is 8.87. The molecule has 1 aliphatic carbocycles. The summed E-state index contributed by atoms with van der Waals surface area (Å²) in [5.41, 5.74) is 2.03. The van der Waals surface area contributed by atoms with Crippen molar-refractivity contribution in [3.8, 4) is 5.75 Å². The largest absolute Gasteiger partial charge is 0.493 e. The van der Waals surface area contributed by atoms with Gasteiger partial charge in [-0.15, -0.1) is 0 Å². The van der Waals surface area contributed by atoms with Crippen molar-refractivity contribution in [1.29, 1.82) is 0 Å². The molecule has 4 rings (SSSR count). The Kier molecular flexibility index (Phi) is 4.19. The van der Waals surface area contributed by atoms with Crippen LogP contribution >= 0.6 is 0 Å². The van der Waals surface area contributed by atoms with Gasteiger partial charge in [-0.05, 0) is 43.4 Å². The van der Waals surface area contributed by atoms with Crippen molar-refractivity contribution < 1.29 is 14.3 Å². The normalized spacial score (nSPS) is 21.2. The lowest BCUT2D eigenvalue weighted by Crippen LogP contribution is -2.50. The Morgan fingerprint density at radius 2 is 2.29 bits per heavy atom. The quantitative estimate of drug-likeness (QED) is 0.918. The zero-order valence-electron chi connectivity index (χ0n) is 14.1. The predicted octanol–water partition coefficient (Wildman–Crippen LogP) is 2.75. The van der Waals surface area contributed by atoms with Gasteiger partial charge in [0.2, 0.25) is 5.91 Å². The highest BCUT2D eigenvalue weighted by Gasteiger charge is 2.39. The van der Waals surface area contributed by atoms with Gasteiger partial charge in [-0.25, -0.2) is 0 Å². The molecule has 2 aliphatic rings. The van der Waals surface area contributed by atoms with E-state index >= 15 is 0 Å². The first-order valence-electron chi connectivity index (χ1n) is 8.87. The maximum atomic E-state index is 12.9. The van der Waals surface area contributed by atoms with E-state index in [0.717, 1.165) is 22.2 Å². The zero-order chi connectivity index (χ0) is 16.5. The van der Waals surface area contributed by atoms with Crippen LogP contribution in [-0.4, -0.2) is 48.2 Å². The smallest absolute Gasteiger partial charge is 0.227 e. The molecule has 2 fully saturated rings. The van der Waals surface area contributed by atoms with Crippen molar-refractivity contribution >= 4 is 16.8 Å². The van der Waals surface area contributed by atoms with Gasteiger partial charge in [0.05, 0.1) is 32.3 Å². The molecule has 1 saturated carbocycles. The molecular formula is C19H24N2O3. The fourth-order valence-corrected chi connectivity index (χ4v) is 3.70. The van der Waals surface area contributed by atoms with Crippen LogP contribution in [0, 0.1) is 5.92 Å². The minimum Gasteiger partial charge on any atom is -0.493 e. The van der Waals surface area contributed by atoms with Gasteiger partial charge in [0.25, 0.3) is 0 Å². The van der Waals surface area contributed by atoms with Gasteiger partial charge >= 0.3 is 0 Å². The maximum absolute atomic E-state index is 12.9. The van der Waals surface area contributed by atoms with Gasteiger partial charge in [0.1, 0.15) is 5.75 Å². The van der Waals surface area contributed by atoms with E-state index in [0.29, 0.717) is 38.7 Å². The van der Waals surface area contributed by atoms with Crippen molar-refractivity contribution in [3.63, 3.8) is 0 Å². The van der Waals surface area contributed by atoms with Crippen LogP contribution in [0.3, 0.4) is 0 Å². The first kappa shape index (κ1) is 15.5. The minimum atomic E-state index is 0.197. The average molecular weight is 328 g/mol. The lowest BCUT2D eigenvalue weighted by molar-refractivity contribution is -0.140. The summed E-state index contributed by atoms with van der Waals surface area (Å²) in [6.45, 7) is 4.64. The molecule has 5 heteroatoms. The molecule has 128 valence electrons. The summed E-state index contributed by atoms with van der Waals surface area (Å²) in [6, 6.07) is 6.23. The Morgan fingerprint density at radius 1 is 1.42 bits per heavy atom. The number of benzene rings is 1. The summed E-state index contributed by atoms with van der Waals surface area (Å²) >= 11 is 0. The Bertz CT molecular complexity index is 735. The molecule has 2 aromatic rings. The van der Waals surface area contributed by atoms with Crippen LogP contribution in [0.25, 0.3) is 10.9 Å². The second kappa shape index (κ2) is 6.48. The monoisotopic (exact) mass is 328 g/mol. The van der Waals surface area contributed by atoms with E-state index in [9.17, 15) is 4.79 Å². The molecule has 1 atom stereocenters. The lowest BCUT2D eigenvalue weighted by Gasteiger charge is -2.36. The van der Waals surface area contributed by atoms with Gasteiger partial charge in [-0.3, -0.25) is 4.79 Å². The van der Waals surface area contributed by atoms with Crippen molar-refractivity contribution in [2.45, 2.75) is 32.2 Å². The molecule has 1 saturated heterocycles. The van der Waals surface area contributed by atoms with Crippen LogP contribution in [0.1, 0.15) is 25.3 Å². The molecule has 1 amide bonds.